The lowest BCUT2D eigenvalue weighted by atomic mass is 10.2. The van der Waals surface area contributed by atoms with E-state index in [2.05, 4.69) is 21.2 Å². The molecule has 0 unspecified atom stereocenters. The van der Waals surface area contributed by atoms with Crippen molar-refractivity contribution in [1.82, 2.24) is 0 Å². The number of carbonyl (C=O) groups excluding carboxylic acids is 2. The Morgan fingerprint density at radius 1 is 1.00 bits per heavy atom. The van der Waals surface area contributed by atoms with Crippen LogP contribution < -0.4 is 10.2 Å². The van der Waals surface area contributed by atoms with Gasteiger partial charge < -0.3 is 5.32 Å². The zero-order chi connectivity index (χ0) is 19.7. The van der Waals surface area contributed by atoms with Crippen LogP contribution >= 0.6 is 27.3 Å². The highest BCUT2D eigenvalue weighted by molar-refractivity contribution is 9.10. The molecule has 2 aromatic carbocycles. The monoisotopic (exact) mass is 449 g/mol. The van der Waals surface area contributed by atoms with Crippen LogP contribution in [0.3, 0.4) is 0 Å². The molecular weight excluding hydrogens is 438 g/mol. The van der Waals surface area contributed by atoms with Gasteiger partial charge in [0.05, 0.1) is 22.9 Å². The van der Waals surface area contributed by atoms with Crippen molar-refractivity contribution >= 4 is 56.0 Å². The summed E-state index contributed by atoms with van der Waals surface area (Å²) < 4.78 is 0.858. The Labute approximate surface area is 173 Å². The number of nitrogens with one attached hydrogen (secondary N) is 1. The van der Waals surface area contributed by atoms with Gasteiger partial charge >= 0.3 is 0 Å². The van der Waals surface area contributed by atoms with E-state index in [4.69, 9.17) is 5.26 Å². The third kappa shape index (κ3) is 3.24. The Bertz CT molecular complexity index is 1150. The highest BCUT2D eigenvalue weighted by Gasteiger charge is 2.40. The van der Waals surface area contributed by atoms with Crippen LogP contribution in [0.2, 0.25) is 0 Å². The number of hydrogen-bond donors (Lipinski definition) is 1. The van der Waals surface area contributed by atoms with Crippen LogP contribution in [0.4, 0.5) is 11.4 Å². The van der Waals surface area contributed by atoms with E-state index in [1.54, 1.807) is 24.3 Å². The molecule has 0 atom stereocenters. The normalized spacial score (nSPS) is 13.8. The number of amides is 2. The van der Waals surface area contributed by atoms with Gasteiger partial charge in [-0.25, -0.2) is 4.90 Å². The van der Waals surface area contributed by atoms with E-state index < -0.39 is 11.8 Å². The number of anilines is 2. The molecule has 3 aromatic rings. The van der Waals surface area contributed by atoms with Crippen LogP contribution in [-0.4, -0.2) is 11.8 Å². The molecule has 2 heterocycles. The van der Waals surface area contributed by atoms with Crippen molar-refractivity contribution < 1.29 is 9.59 Å². The van der Waals surface area contributed by atoms with Crippen LogP contribution in [0.1, 0.15) is 10.4 Å². The Kier molecular flexibility index (Phi) is 4.82. The Balaban J connectivity index is 1.78. The summed E-state index contributed by atoms with van der Waals surface area (Å²) in [5, 5.41) is 14.0. The van der Waals surface area contributed by atoms with E-state index in [-0.39, 0.29) is 5.70 Å². The quantitative estimate of drug-likeness (QED) is 0.581. The summed E-state index contributed by atoms with van der Waals surface area (Å²) in [6, 6.07) is 19.4. The van der Waals surface area contributed by atoms with Gasteiger partial charge in [0.25, 0.3) is 11.8 Å². The van der Waals surface area contributed by atoms with Crippen LogP contribution in [0.5, 0.6) is 0 Å². The molecule has 136 valence electrons. The molecule has 2 amide bonds. The van der Waals surface area contributed by atoms with Gasteiger partial charge in [0.2, 0.25) is 0 Å². The molecule has 0 spiro atoms. The molecule has 1 N–H and O–H groups in total. The summed E-state index contributed by atoms with van der Waals surface area (Å²) in [6.45, 7) is 0. The average Bonchev–Trinajstić information content (AvgIpc) is 3.29. The van der Waals surface area contributed by atoms with Crippen LogP contribution in [-0.2, 0) is 9.59 Å². The minimum Gasteiger partial charge on any atom is -0.350 e. The molecule has 0 radical (unpaired) electrons. The minimum absolute atomic E-state index is 0.231. The van der Waals surface area contributed by atoms with Crippen molar-refractivity contribution in [3.63, 3.8) is 0 Å². The number of benzene rings is 2. The number of rotatable bonds is 4. The standard InChI is InChI=1S/C21H12BrN3O2S/c22-14-3-1-4-15(11-14)24-19-18(17-5-2-10-28-17)20(26)25(21(19)27)16-8-6-13(12-23)7-9-16/h1-11,24H. The van der Waals surface area contributed by atoms with Crippen molar-refractivity contribution in [2.45, 2.75) is 0 Å². The van der Waals surface area contributed by atoms with Gasteiger partial charge in [-0.3, -0.25) is 9.59 Å². The van der Waals surface area contributed by atoms with Gasteiger partial charge in [-0.05, 0) is 53.9 Å². The van der Waals surface area contributed by atoms with Gasteiger partial charge in [0.1, 0.15) is 5.70 Å². The number of nitriles is 1. The molecule has 4 rings (SSSR count). The molecule has 0 bridgehead atoms. The molecule has 5 nitrogen and oxygen atoms in total. The molecule has 1 aromatic heterocycles. The van der Waals surface area contributed by atoms with Gasteiger partial charge in [-0.15, -0.1) is 11.3 Å². The lowest BCUT2D eigenvalue weighted by molar-refractivity contribution is -0.120. The van der Waals surface area contributed by atoms with E-state index in [1.807, 2.05) is 47.8 Å². The maximum absolute atomic E-state index is 13.2. The fourth-order valence-electron chi connectivity index (χ4n) is 2.93. The van der Waals surface area contributed by atoms with Crippen molar-refractivity contribution in [1.29, 1.82) is 5.26 Å². The van der Waals surface area contributed by atoms with E-state index in [0.717, 1.165) is 9.37 Å². The van der Waals surface area contributed by atoms with E-state index in [1.165, 1.54) is 11.3 Å². The Morgan fingerprint density at radius 3 is 2.43 bits per heavy atom. The molecule has 0 aliphatic carbocycles. The molecule has 1 aliphatic rings. The third-order valence-corrected chi connectivity index (χ3v) is 5.58. The number of hydrogen-bond acceptors (Lipinski definition) is 5. The summed E-state index contributed by atoms with van der Waals surface area (Å²) in [5.74, 6) is -0.826. The maximum Gasteiger partial charge on any atom is 0.282 e. The first-order valence-corrected chi connectivity index (χ1v) is 9.95. The van der Waals surface area contributed by atoms with Crippen molar-refractivity contribution in [2.75, 3.05) is 10.2 Å². The maximum atomic E-state index is 13.2. The predicted molar refractivity (Wildman–Crippen MR) is 113 cm³/mol. The van der Waals surface area contributed by atoms with E-state index in [0.29, 0.717) is 27.4 Å². The van der Waals surface area contributed by atoms with E-state index >= 15 is 0 Å². The van der Waals surface area contributed by atoms with Gasteiger partial charge in [-0.1, -0.05) is 28.1 Å². The molecule has 7 heteroatoms. The number of imide groups is 1. The summed E-state index contributed by atoms with van der Waals surface area (Å²) in [4.78, 5) is 28.2. The Morgan fingerprint density at radius 2 is 1.79 bits per heavy atom. The van der Waals surface area contributed by atoms with Crippen molar-refractivity contribution in [3.8, 4) is 6.07 Å². The zero-order valence-electron chi connectivity index (χ0n) is 14.3. The van der Waals surface area contributed by atoms with Gasteiger partial charge in [0.15, 0.2) is 0 Å². The van der Waals surface area contributed by atoms with Crippen LogP contribution in [0.15, 0.2) is 76.2 Å². The first-order valence-electron chi connectivity index (χ1n) is 8.28. The van der Waals surface area contributed by atoms with Crippen molar-refractivity contribution in [2.24, 2.45) is 0 Å². The zero-order valence-corrected chi connectivity index (χ0v) is 16.8. The highest BCUT2D eigenvalue weighted by atomic mass is 79.9. The number of carbonyl (C=O) groups is 2. The van der Waals surface area contributed by atoms with Crippen molar-refractivity contribution in [3.05, 3.63) is 86.7 Å². The smallest absolute Gasteiger partial charge is 0.282 e. The number of thiophene rings is 1. The second-order valence-electron chi connectivity index (χ2n) is 5.97. The first kappa shape index (κ1) is 18.2. The van der Waals surface area contributed by atoms with Crippen LogP contribution in [0, 0.1) is 11.3 Å². The SMILES string of the molecule is N#Cc1ccc(N2C(=O)C(Nc3cccc(Br)c3)=C(c3cccs3)C2=O)cc1. The van der Waals surface area contributed by atoms with Gasteiger partial charge in [0, 0.05) is 15.0 Å². The summed E-state index contributed by atoms with van der Waals surface area (Å²) in [7, 11) is 0. The summed E-state index contributed by atoms with van der Waals surface area (Å²) in [5.41, 5.74) is 2.15. The summed E-state index contributed by atoms with van der Waals surface area (Å²) >= 11 is 4.81. The number of nitrogens with zero attached hydrogens (tertiary/aromatic N) is 2. The minimum atomic E-state index is -0.432. The third-order valence-electron chi connectivity index (χ3n) is 4.20. The van der Waals surface area contributed by atoms with E-state index in [9.17, 15) is 9.59 Å². The lowest BCUT2D eigenvalue weighted by Crippen LogP contribution is -2.32. The molecule has 0 saturated carbocycles. The fourth-order valence-corrected chi connectivity index (χ4v) is 4.09. The fraction of sp³-hybridized carbons (Fsp3) is 0. The Hall–Kier alpha value is -3.21. The molecular formula is C21H12BrN3O2S. The number of halogens is 1. The largest absolute Gasteiger partial charge is 0.350 e. The molecule has 0 fully saturated rings. The van der Waals surface area contributed by atoms with Gasteiger partial charge in [-0.2, -0.15) is 5.26 Å². The average molecular weight is 450 g/mol. The second kappa shape index (κ2) is 7.43. The molecule has 0 saturated heterocycles. The summed E-state index contributed by atoms with van der Waals surface area (Å²) in [6.07, 6.45) is 0. The molecule has 1 aliphatic heterocycles. The second-order valence-corrected chi connectivity index (χ2v) is 7.83. The molecule has 28 heavy (non-hydrogen) atoms. The predicted octanol–water partition coefficient (Wildman–Crippen LogP) is 4.78. The first-order chi connectivity index (χ1) is 13.6. The highest BCUT2D eigenvalue weighted by Crippen LogP contribution is 2.35. The van der Waals surface area contributed by atoms with Crippen LogP contribution in [0.25, 0.3) is 5.57 Å². The lowest BCUT2D eigenvalue weighted by Gasteiger charge is -2.15. The topological polar surface area (TPSA) is 73.2 Å².